The fraction of sp³-hybridized carbons (Fsp3) is 0.190. The van der Waals surface area contributed by atoms with E-state index >= 15 is 0 Å². The summed E-state index contributed by atoms with van der Waals surface area (Å²) in [4.78, 5) is 24.8. The zero-order chi connectivity index (χ0) is 21.0. The van der Waals surface area contributed by atoms with Gasteiger partial charge in [0.2, 0.25) is 0 Å². The van der Waals surface area contributed by atoms with E-state index in [1.807, 2.05) is 0 Å². The van der Waals surface area contributed by atoms with Crippen molar-refractivity contribution in [1.29, 1.82) is 0 Å². The first-order valence-corrected chi connectivity index (χ1v) is 9.12. The molecule has 0 saturated carbocycles. The number of nitrogens with zero attached hydrogens (tertiary/aromatic N) is 2. The minimum absolute atomic E-state index is 0.0108. The maximum absolute atomic E-state index is 13.1. The minimum atomic E-state index is -1.16. The van der Waals surface area contributed by atoms with Crippen LogP contribution in [0.4, 0.5) is 10.1 Å². The molecular formula is C21H18ClFN2O4. The van der Waals surface area contributed by atoms with Gasteiger partial charge in [0.25, 0.3) is 5.91 Å². The number of carbonyl (C=O) groups is 2. The Hall–Kier alpha value is -3.03. The highest BCUT2D eigenvalue weighted by Gasteiger charge is 2.37. The average Bonchev–Trinajstić information content (AvgIpc) is 2.99. The molecule has 0 saturated heterocycles. The van der Waals surface area contributed by atoms with Crippen LogP contribution >= 0.6 is 11.6 Å². The van der Waals surface area contributed by atoms with Crippen LogP contribution in [-0.4, -0.2) is 36.4 Å². The predicted molar refractivity (Wildman–Crippen MR) is 108 cm³/mol. The third-order valence-electron chi connectivity index (χ3n) is 4.41. The van der Waals surface area contributed by atoms with Crippen molar-refractivity contribution in [3.05, 3.63) is 70.5 Å². The molecule has 2 aromatic carbocycles. The Morgan fingerprint density at radius 2 is 1.90 bits per heavy atom. The number of carbonyl (C=O) groups excluding carboxylic acids is 1. The first-order valence-electron chi connectivity index (χ1n) is 8.74. The van der Waals surface area contributed by atoms with Crippen molar-refractivity contribution < 1.29 is 23.8 Å². The topological polar surface area (TPSA) is 79.2 Å². The molecule has 1 N–H and O–H groups in total. The lowest BCUT2D eigenvalue weighted by molar-refractivity contribution is -0.132. The molecule has 1 aliphatic rings. The van der Waals surface area contributed by atoms with Gasteiger partial charge in [0.05, 0.1) is 23.9 Å². The predicted octanol–water partition coefficient (Wildman–Crippen LogP) is 4.00. The van der Waals surface area contributed by atoms with Gasteiger partial charge in [-0.15, -0.1) is 0 Å². The van der Waals surface area contributed by atoms with Crippen LogP contribution < -0.4 is 5.01 Å². The van der Waals surface area contributed by atoms with Gasteiger partial charge in [0.15, 0.2) is 0 Å². The third kappa shape index (κ3) is 4.88. The fourth-order valence-electron chi connectivity index (χ4n) is 2.98. The van der Waals surface area contributed by atoms with Crippen molar-refractivity contribution in [3.8, 4) is 0 Å². The second-order valence-electron chi connectivity index (χ2n) is 6.43. The summed E-state index contributed by atoms with van der Waals surface area (Å²) < 4.78 is 18.2. The number of amides is 1. The van der Waals surface area contributed by atoms with Crippen molar-refractivity contribution in [1.82, 2.24) is 0 Å². The van der Waals surface area contributed by atoms with Crippen molar-refractivity contribution in [2.45, 2.75) is 6.42 Å². The second-order valence-corrected chi connectivity index (χ2v) is 6.87. The van der Waals surface area contributed by atoms with Crippen LogP contribution in [0.5, 0.6) is 0 Å². The molecule has 3 rings (SSSR count). The smallest absolute Gasteiger partial charge is 0.331 e. The summed E-state index contributed by atoms with van der Waals surface area (Å²) in [5.74, 6) is -2.72. The maximum Gasteiger partial charge on any atom is 0.331 e. The van der Waals surface area contributed by atoms with E-state index in [4.69, 9.17) is 16.3 Å². The molecule has 0 bridgehead atoms. The fourth-order valence-corrected chi connectivity index (χ4v) is 3.10. The van der Waals surface area contributed by atoms with Gasteiger partial charge in [-0.05, 0) is 54.5 Å². The number of carboxylic acids is 1. The van der Waals surface area contributed by atoms with E-state index in [-0.39, 0.29) is 24.5 Å². The quantitative estimate of drug-likeness (QED) is 0.692. The van der Waals surface area contributed by atoms with E-state index in [9.17, 15) is 19.1 Å². The van der Waals surface area contributed by atoms with Gasteiger partial charge >= 0.3 is 5.97 Å². The number of aliphatic carboxylic acids is 1. The third-order valence-corrected chi connectivity index (χ3v) is 4.66. The molecule has 0 fully saturated rings. The van der Waals surface area contributed by atoms with Gasteiger partial charge in [-0.25, -0.2) is 14.2 Å². The van der Waals surface area contributed by atoms with Crippen molar-refractivity contribution in [3.63, 3.8) is 0 Å². The number of hydrogen-bond acceptors (Lipinski definition) is 4. The summed E-state index contributed by atoms with van der Waals surface area (Å²) in [6, 6.07) is 12.0. The number of carboxylic acid groups (broad SMARTS) is 1. The van der Waals surface area contributed by atoms with E-state index < -0.39 is 17.7 Å². The van der Waals surface area contributed by atoms with Crippen molar-refractivity contribution >= 4 is 41.0 Å². The minimum Gasteiger partial charge on any atom is -0.478 e. The molecule has 2 aromatic rings. The number of anilines is 1. The van der Waals surface area contributed by atoms with Gasteiger partial charge in [-0.3, -0.25) is 4.79 Å². The van der Waals surface area contributed by atoms with E-state index in [1.165, 1.54) is 42.5 Å². The molecule has 0 aliphatic carbocycles. The highest BCUT2D eigenvalue weighted by atomic mass is 35.5. The Morgan fingerprint density at radius 1 is 1.24 bits per heavy atom. The Labute approximate surface area is 171 Å². The first-order chi connectivity index (χ1) is 13.9. The van der Waals surface area contributed by atoms with Crippen LogP contribution in [0.15, 0.2) is 59.2 Å². The van der Waals surface area contributed by atoms with Crippen LogP contribution in [0.3, 0.4) is 0 Å². The summed E-state index contributed by atoms with van der Waals surface area (Å²) in [5, 5.41) is 15.7. The summed E-state index contributed by atoms with van der Waals surface area (Å²) >= 11 is 5.90. The normalized spacial score (nSPS) is 16.9. The molecule has 6 nitrogen and oxygen atoms in total. The molecule has 1 unspecified atom stereocenters. The zero-order valence-corrected chi connectivity index (χ0v) is 16.3. The maximum atomic E-state index is 13.1. The Balaban J connectivity index is 1.89. The second kappa shape index (κ2) is 8.98. The zero-order valence-electron chi connectivity index (χ0n) is 15.5. The molecule has 1 amide bonds. The highest BCUT2D eigenvalue weighted by molar-refractivity contribution is 6.30. The summed E-state index contributed by atoms with van der Waals surface area (Å²) in [6.45, 7) is 0.0872. The van der Waals surface area contributed by atoms with Crippen molar-refractivity contribution in [2.75, 3.05) is 18.7 Å². The number of halogens is 2. The number of ether oxygens (including phenoxy) is 1. The van der Waals surface area contributed by atoms with Crippen LogP contribution in [0.1, 0.15) is 12.0 Å². The van der Waals surface area contributed by atoms with Crippen LogP contribution in [0.2, 0.25) is 5.02 Å². The Kier molecular flexibility index (Phi) is 6.41. The highest BCUT2D eigenvalue weighted by Crippen LogP contribution is 2.29. The van der Waals surface area contributed by atoms with Gasteiger partial charge in [0, 0.05) is 17.7 Å². The molecular weight excluding hydrogens is 399 g/mol. The van der Waals surface area contributed by atoms with Gasteiger partial charge in [0.1, 0.15) is 5.82 Å². The monoisotopic (exact) mass is 416 g/mol. The summed E-state index contributed by atoms with van der Waals surface area (Å²) in [5.41, 5.74) is 1.49. The van der Waals surface area contributed by atoms with E-state index in [2.05, 4.69) is 5.10 Å². The Morgan fingerprint density at radius 3 is 2.48 bits per heavy atom. The van der Waals surface area contributed by atoms with E-state index in [0.717, 1.165) is 0 Å². The average molecular weight is 417 g/mol. The standard InChI is InChI=1S/C21H18ClFN2O4/c1-29-12-19-18(20(26)25(24-19)17-8-4-15(22)5-9-17)11-14(21(27)28)10-13-2-6-16(23)7-3-13/h2-10,18H,11-12H2,1H3,(H,27,28). The Bertz CT molecular complexity index is 971. The number of benzene rings is 2. The van der Waals surface area contributed by atoms with Crippen LogP contribution in [-0.2, 0) is 14.3 Å². The molecule has 0 spiro atoms. The van der Waals surface area contributed by atoms with Gasteiger partial charge in [-0.1, -0.05) is 23.7 Å². The number of hydrazone groups is 1. The number of methoxy groups -OCH3 is 1. The summed E-state index contributed by atoms with van der Waals surface area (Å²) in [6.07, 6.45) is 1.35. The van der Waals surface area contributed by atoms with E-state index in [1.54, 1.807) is 24.3 Å². The van der Waals surface area contributed by atoms with Crippen molar-refractivity contribution in [2.24, 2.45) is 11.0 Å². The molecule has 8 heteroatoms. The van der Waals surface area contributed by atoms with Gasteiger partial charge < -0.3 is 9.84 Å². The molecule has 1 atom stereocenters. The van der Waals surface area contributed by atoms with Crippen LogP contribution in [0.25, 0.3) is 6.08 Å². The SMILES string of the molecule is COCC1=NN(c2ccc(Cl)cc2)C(=O)C1CC(=Cc1ccc(F)cc1)C(=O)O. The molecule has 0 aromatic heterocycles. The lowest BCUT2D eigenvalue weighted by atomic mass is 9.93. The number of rotatable bonds is 7. The molecule has 1 aliphatic heterocycles. The molecule has 150 valence electrons. The molecule has 1 heterocycles. The first kappa shape index (κ1) is 20.7. The van der Waals surface area contributed by atoms with E-state index in [0.29, 0.717) is 22.0 Å². The lowest BCUT2D eigenvalue weighted by Crippen LogP contribution is -2.29. The largest absolute Gasteiger partial charge is 0.478 e. The molecule has 0 radical (unpaired) electrons. The summed E-state index contributed by atoms with van der Waals surface area (Å²) in [7, 11) is 1.47. The van der Waals surface area contributed by atoms with Crippen LogP contribution in [0, 0.1) is 11.7 Å². The number of hydrogen-bond donors (Lipinski definition) is 1. The van der Waals surface area contributed by atoms with Gasteiger partial charge in [-0.2, -0.15) is 5.10 Å². The lowest BCUT2D eigenvalue weighted by Gasteiger charge is -2.15. The molecule has 29 heavy (non-hydrogen) atoms.